The molecular formula is C17H35NO3. The topological polar surface area (TPSA) is 39.7 Å². The van der Waals surface area contributed by atoms with Crippen molar-refractivity contribution in [3.8, 4) is 0 Å². The fraction of sp³-hybridized carbons (Fsp3) is 0.882. The molecular weight excluding hydrogens is 266 g/mol. The molecule has 0 aliphatic rings. The molecule has 1 unspecified atom stereocenters. The van der Waals surface area contributed by atoms with E-state index in [1.54, 1.807) is 0 Å². The normalized spacial score (nSPS) is 14.0. The largest absolute Gasteiger partial charge is 0.379 e. The van der Waals surface area contributed by atoms with Gasteiger partial charge in [-0.1, -0.05) is 33.3 Å². The van der Waals surface area contributed by atoms with E-state index < -0.39 is 0 Å². The summed E-state index contributed by atoms with van der Waals surface area (Å²) >= 11 is 0. The fourth-order valence-corrected chi connectivity index (χ4v) is 1.77. The predicted molar refractivity (Wildman–Crippen MR) is 88.8 cm³/mol. The summed E-state index contributed by atoms with van der Waals surface area (Å²) in [6.07, 6.45) is 5.29. The Bertz CT molecular complexity index is 236. The van der Waals surface area contributed by atoms with Gasteiger partial charge in [-0.25, -0.2) is 0 Å². The van der Waals surface area contributed by atoms with E-state index in [9.17, 15) is 0 Å². The van der Waals surface area contributed by atoms with Crippen LogP contribution in [0.5, 0.6) is 0 Å². The van der Waals surface area contributed by atoms with Crippen molar-refractivity contribution < 1.29 is 14.2 Å². The molecule has 0 fully saturated rings. The number of hydrogen-bond donors (Lipinski definition) is 1. The van der Waals surface area contributed by atoms with Gasteiger partial charge < -0.3 is 19.5 Å². The molecule has 1 N–H and O–H groups in total. The first-order chi connectivity index (χ1) is 10.2. The first kappa shape index (κ1) is 20.6. The third-order valence-corrected chi connectivity index (χ3v) is 3.48. The quantitative estimate of drug-likeness (QED) is 0.351. The molecule has 0 aromatic rings. The molecule has 21 heavy (non-hydrogen) atoms. The van der Waals surface area contributed by atoms with E-state index in [2.05, 4.69) is 32.7 Å². The van der Waals surface area contributed by atoms with Crippen LogP contribution in [0, 0.1) is 5.41 Å². The predicted octanol–water partition coefficient (Wildman–Crippen LogP) is 3.03. The minimum atomic E-state index is 0.101. The molecule has 1 atom stereocenters. The van der Waals surface area contributed by atoms with Gasteiger partial charge >= 0.3 is 0 Å². The molecule has 126 valence electrons. The van der Waals surface area contributed by atoms with Crippen molar-refractivity contribution in [2.75, 3.05) is 52.7 Å². The monoisotopic (exact) mass is 301 g/mol. The average Bonchev–Trinajstić information content (AvgIpc) is 2.50. The summed E-state index contributed by atoms with van der Waals surface area (Å²) < 4.78 is 16.5. The highest BCUT2D eigenvalue weighted by Crippen LogP contribution is 2.21. The summed E-state index contributed by atoms with van der Waals surface area (Å²) in [5.41, 5.74) is 0.101. The molecule has 4 nitrogen and oxygen atoms in total. The maximum Gasteiger partial charge on any atom is 0.0701 e. The number of unbranched alkanes of at least 4 members (excludes halogenated alkanes) is 1. The third kappa shape index (κ3) is 13.0. The van der Waals surface area contributed by atoms with Crippen molar-refractivity contribution in [1.29, 1.82) is 0 Å². The lowest BCUT2D eigenvalue weighted by atomic mass is 9.87. The summed E-state index contributed by atoms with van der Waals surface area (Å²) in [7, 11) is 0. The van der Waals surface area contributed by atoms with Crippen LogP contribution < -0.4 is 5.32 Å². The lowest BCUT2D eigenvalue weighted by Crippen LogP contribution is -2.31. The second kappa shape index (κ2) is 14.5. The van der Waals surface area contributed by atoms with Crippen LogP contribution in [-0.2, 0) is 14.2 Å². The summed E-state index contributed by atoms with van der Waals surface area (Å²) in [4.78, 5) is 0. The molecule has 0 aromatic carbocycles. The Hall–Kier alpha value is -0.420. The Kier molecular flexibility index (Phi) is 14.2. The van der Waals surface area contributed by atoms with Crippen molar-refractivity contribution in [2.24, 2.45) is 5.41 Å². The number of rotatable bonds is 16. The van der Waals surface area contributed by atoms with E-state index in [4.69, 9.17) is 14.2 Å². The van der Waals surface area contributed by atoms with E-state index in [1.165, 1.54) is 6.42 Å². The maximum absolute atomic E-state index is 5.61. The van der Waals surface area contributed by atoms with Gasteiger partial charge in [-0.05, 0) is 24.8 Å². The van der Waals surface area contributed by atoms with Crippen molar-refractivity contribution >= 4 is 0 Å². The third-order valence-electron chi connectivity index (χ3n) is 3.48. The highest BCUT2D eigenvalue weighted by atomic mass is 16.5. The fourth-order valence-electron chi connectivity index (χ4n) is 1.77. The van der Waals surface area contributed by atoms with Crippen LogP contribution in [0.25, 0.3) is 0 Å². The van der Waals surface area contributed by atoms with Crippen LogP contribution in [0.4, 0.5) is 0 Å². The minimum absolute atomic E-state index is 0.101. The van der Waals surface area contributed by atoms with Crippen LogP contribution in [0.2, 0.25) is 0 Å². The first-order valence-corrected chi connectivity index (χ1v) is 8.26. The van der Waals surface area contributed by atoms with E-state index in [0.717, 1.165) is 39.1 Å². The van der Waals surface area contributed by atoms with Gasteiger partial charge in [0.15, 0.2) is 0 Å². The first-order valence-electron chi connectivity index (χ1n) is 8.26. The molecule has 0 radical (unpaired) electrons. The van der Waals surface area contributed by atoms with Gasteiger partial charge in [0, 0.05) is 19.8 Å². The molecule has 0 aromatic heterocycles. The van der Waals surface area contributed by atoms with Gasteiger partial charge in [0.2, 0.25) is 0 Å². The Labute approximate surface area is 131 Å². The number of hydrogen-bond acceptors (Lipinski definition) is 4. The van der Waals surface area contributed by atoms with Crippen molar-refractivity contribution in [3.63, 3.8) is 0 Å². The van der Waals surface area contributed by atoms with Gasteiger partial charge in [-0.2, -0.15) is 0 Å². The van der Waals surface area contributed by atoms with Crippen LogP contribution in [0.3, 0.4) is 0 Å². The summed E-state index contributed by atoms with van der Waals surface area (Å²) in [5.74, 6) is 0. The SMILES string of the molecule is C=CC(C)(CCOCCOCCOCCCC)CNCC. The molecule has 0 spiro atoms. The second-order valence-corrected chi connectivity index (χ2v) is 5.58. The number of ether oxygens (including phenoxy) is 3. The Morgan fingerprint density at radius 3 is 2.05 bits per heavy atom. The van der Waals surface area contributed by atoms with Gasteiger partial charge in [0.1, 0.15) is 0 Å². The minimum Gasteiger partial charge on any atom is -0.379 e. The Balaban J connectivity index is 3.36. The van der Waals surface area contributed by atoms with Crippen molar-refractivity contribution in [1.82, 2.24) is 5.32 Å². The highest BCUT2D eigenvalue weighted by molar-refractivity contribution is 4.92. The molecule has 0 heterocycles. The zero-order valence-electron chi connectivity index (χ0n) is 14.3. The van der Waals surface area contributed by atoms with Gasteiger partial charge in [0.05, 0.1) is 26.4 Å². The lowest BCUT2D eigenvalue weighted by Gasteiger charge is -2.25. The molecule has 4 heteroatoms. The Morgan fingerprint density at radius 1 is 0.952 bits per heavy atom. The zero-order valence-corrected chi connectivity index (χ0v) is 14.3. The Morgan fingerprint density at radius 2 is 1.52 bits per heavy atom. The summed E-state index contributed by atoms with van der Waals surface area (Å²) in [6, 6.07) is 0. The van der Waals surface area contributed by atoms with Gasteiger partial charge in [0.25, 0.3) is 0 Å². The van der Waals surface area contributed by atoms with E-state index in [-0.39, 0.29) is 5.41 Å². The molecule has 0 amide bonds. The van der Waals surface area contributed by atoms with Crippen molar-refractivity contribution in [2.45, 2.75) is 40.0 Å². The van der Waals surface area contributed by atoms with E-state index >= 15 is 0 Å². The molecule has 0 aliphatic heterocycles. The standard InChI is InChI=1S/C17H35NO3/c1-5-8-10-19-12-14-21-15-13-20-11-9-17(4,6-2)16-18-7-3/h6,18H,2,5,7-16H2,1,3-4H3. The molecule has 0 bridgehead atoms. The second-order valence-electron chi connectivity index (χ2n) is 5.58. The van der Waals surface area contributed by atoms with Crippen LogP contribution >= 0.6 is 0 Å². The highest BCUT2D eigenvalue weighted by Gasteiger charge is 2.18. The smallest absolute Gasteiger partial charge is 0.0701 e. The molecule has 0 rings (SSSR count). The molecule has 0 saturated carbocycles. The maximum atomic E-state index is 5.61. The summed E-state index contributed by atoms with van der Waals surface area (Å²) in [5, 5.41) is 3.36. The summed E-state index contributed by atoms with van der Waals surface area (Å²) in [6.45, 7) is 16.5. The average molecular weight is 301 g/mol. The molecule has 0 saturated heterocycles. The zero-order chi connectivity index (χ0) is 15.8. The number of nitrogens with one attached hydrogen (secondary N) is 1. The van der Waals surface area contributed by atoms with Gasteiger partial charge in [-0.3, -0.25) is 0 Å². The van der Waals surface area contributed by atoms with Gasteiger partial charge in [-0.15, -0.1) is 6.58 Å². The lowest BCUT2D eigenvalue weighted by molar-refractivity contribution is 0.0104. The van der Waals surface area contributed by atoms with Crippen LogP contribution in [0.15, 0.2) is 12.7 Å². The van der Waals surface area contributed by atoms with Crippen LogP contribution in [-0.4, -0.2) is 52.7 Å². The molecule has 0 aliphatic carbocycles. The van der Waals surface area contributed by atoms with Crippen molar-refractivity contribution in [3.05, 3.63) is 12.7 Å². The van der Waals surface area contributed by atoms with Crippen LogP contribution in [0.1, 0.15) is 40.0 Å². The van der Waals surface area contributed by atoms with E-state index in [1.807, 2.05) is 6.08 Å². The van der Waals surface area contributed by atoms with E-state index in [0.29, 0.717) is 26.4 Å².